The summed E-state index contributed by atoms with van der Waals surface area (Å²) >= 11 is 0. The van der Waals surface area contributed by atoms with E-state index in [0.717, 1.165) is 25.0 Å². The molecule has 1 aromatic carbocycles. The molecule has 1 aromatic rings. The zero-order chi connectivity index (χ0) is 12.7. The van der Waals surface area contributed by atoms with Gasteiger partial charge in [-0.15, -0.1) is 0 Å². The second-order valence-corrected chi connectivity index (χ2v) is 4.09. The smallest absolute Gasteiger partial charge is 0.161 e. The van der Waals surface area contributed by atoms with Crippen molar-refractivity contribution in [3.05, 3.63) is 23.8 Å². The molecule has 0 saturated heterocycles. The van der Waals surface area contributed by atoms with Gasteiger partial charge in [-0.2, -0.15) is 0 Å². The van der Waals surface area contributed by atoms with Gasteiger partial charge < -0.3 is 14.6 Å². The monoisotopic (exact) mass is 238 g/mol. The number of benzene rings is 1. The number of hydrogen-bond donors (Lipinski definition) is 1. The lowest BCUT2D eigenvalue weighted by Gasteiger charge is -2.14. The van der Waals surface area contributed by atoms with Crippen LogP contribution in [0.1, 0.15) is 32.3 Å². The van der Waals surface area contributed by atoms with E-state index in [2.05, 4.69) is 6.92 Å². The van der Waals surface area contributed by atoms with Gasteiger partial charge >= 0.3 is 0 Å². The zero-order valence-corrected chi connectivity index (χ0v) is 10.9. The van der Waals surface area contributed by atoms with Crippen LogP contribution in [0.15, 0.2) is 18.2 Å². The van der Waals surface area contributed by atoms with Gasteiger partial charge in [0.2, 0.25) is 0 Å². The van der Waals surface area contributed by atoms with Crippen LogP contribution in [0.25, 0.3) is 0 Å². The van der Waals surface area contributed by atoms with Crippen LogP contribution >= 0.6 is 0 Å². The minimum atomic E-state index is -0.407. The highest BCUT2D eigenvalue weighted by atomic mass is 16.5. The Morgan fingerprint density at radius 1 is 1.24 bits per heavy atom. The van der Waals surface area contributed by atoms with Crippen LogP contribution in [0.5, 0.6) is 11.5 Å². The number of rotatable bonds is 7. The van der Waals surface area contributed by atoms with Crippen LogP contribution in [0.4, 0.5) is 0 Å². The first-order valence-corrected chi connectivity index (χ1v) is 6.19. The van der Waals surface area contributed by atoms with E-state index in [1.54, 1.807) is 7.11 Å². The van der Waals surface area contributed by atoms with Crippen molar-refractivity contribution >= 4 is 0 Å². The van der Waals surface area contributed by atoms with E-state index in [4.69, 9.17) is 9.47 Å². The lowest BCUT2D eigenvalue weighted by atomic mass is 10.1. The molecule has 0 aliphatic rings. The zero-order valence-electron chi connectivity index (χ0n) is 10.9. The first-order chi connectivity index (χ1) is 8.21. The Morgan fingerprint density at radius 3 is 2.59 bits per heavy atom. The SMILES string of the molecule is CCCC(O)COc1ccc(CC)cc1OC. The van der Waals surface area contributed by atoms with E-state index in [-0.39, 0.29) is 0 Å². The average Bonchev–Trinajstić information content (AvgIpc) is 2.36. The lowest BCUT2D eigenvalue weighted by Crippen LogP contribution is -2.17. The molecule has 0 aliphatic carbocycles. The molecule has 3 nitrogen and oxygen atoms in total. The molecule has 17 heavy (non-hydrogen) atoms. The quantitative estimate of drug-likeness (QED) is 0.794. The Morgan fingerprint density at radius 2 is 2.00 bits per heavy atom. The molecule has 1 atom stereocenters. The van der Waals surface area contributed by atoms with Crippen molar-refractivity contribution < 1.29 is 14.6 Å². The molecule has 0 heterocycles. The van der Waals surface area contributed by atoms with Crippen molar-refractivity contribution in [2.24, 2.45) is 0 Å². The van der Waals surface area contributed by atoms with Gasteiger partial charge in [0.1, 0.15) is 6.61 Å². The number of methoxy groups -OCH3 is 1. The molecule has 0 spiro atoms. The van der Waals surface area contributed by atoms with E-state index in [1.807, 2.05) is 25.1 Å². The molecule has 0 saturated carbocycles. The number of aryl methyl sites for hydroxylation is 1. The lowest BCUT2D eigenvalue weighted by molar-refractivity contribution is 0.0977. The van der Waals surface area contributed by atoms with E-state index in [1.165, 1.54) is 5.56 Å². The molecule has 0 aliphatic heterocycles. The first-order valence-electron chi connectivity index (χ1n) is 6.19. The number of ether oxygens (including phenoxy) is 2. The summed E-state index contributed by atoms with van der Waals surface area (Å²) < 4.78 is 10.8. The number of aliphatic hydroxyl groups is 1. The third-order valence-electron chi connectivity index (χ3n) is 2.69. The molecule has 0 aromatic heterocycles. The van der Waals surface area contributed by atoms with E-state index in [9.17, 15) is 5.11 Å². The fourth-order valence-electron chi connectivity index (χ4n) is 1.65. The standard InChI is InChI=1S/C14H22O3/c1-4-6-12(15)10-17-13-8-7-11(5-2)9-14(13)16-3/h7-9,12,15H,4-6,10H2,1-3H3. The van der Waals surface area contributed by atoms with Crippen LogP contribution in [0.2, 0.25) is 0 Å². The summed E-state index contributed by atoms with van der Waals surface area (Å²) in [4.78, 5) is 0. The van der Waals surface area contributed by atoms with Crippen molar-refractivity contribution in [1.82, 2.24) is 0 Å². The summed E-state index contributed by atoms with van der Waals surface area (Å²) in [5.41, 5.74) is 1.21. The normalized spacial score (nSPS) is 12.2. The summed E-state index contributed by atoms with van der Waals surface area (Å²) in [6, 6.07) is 5.89. The van der Waals surface area contributed by atoms with Gasteiger partial charge in [-0.25, -0.2) is 0 Å². The molecule has 0 radical (unpaired) electrons. The molecule has 0 fully saturated rings. The summed E-state index contributed by atoms with van der Waals surface area (Å²) in [7, 11) is 1.63. The Labute approximate surface area is 103 Å². The maximum atomic E-state index is 9.61. The Hall–Kier alpha value is -1.22. The third kappa shape index (κ3) is 4.27. The van der Waals surface area contributed by atoms with Crippen molar-refractivity contribution in [1.29, 1.82) is 0 Å². The minimum Gasteiger partial charge on any atom is -0.493 e. The molecule has 1 unspecified atom stereocenters. The first kappa shape index (κ1) is 13.8. The third-order valence-corrected chi connectivity index (χ3v) is 2.69. The van der Waals surface area contributed by atoms with Gasteiger partial charge in [-0.3, -0.25) is 0 Å². The van der Waals surface area contributed by atoms with Gasteiger partial charge in [-0.05, 0) is 30.5 Å². The highest BCUT2D eigenvalue weighted by molar-refractivity contribution is 5.42. The van der Waals surface area contributed by atoms with Crippen molar-refractivity contribution in [2.45, 2.75) is 39.2 Å². The van der Waals surface area contributed by atoms with Gasteiger partial charge in [0, 0.05) is 0 Å². The van der Waals surface area contributed by atoms with Crippen LogP contribution in [0.3, 0.4) is 0 Å². The molecule has 1 rings (SSSR count). The maximum absolute atomic E-state index is 9.61. The fraction of sp³-hybridized carbons (Fsp3) is 0.571. The van der Waals surface area contributed by atoms with E-state index >= 15 is 0 Å². The van der Waals surface area contributed by atoms with Gasteiger partial charge in [-0.1, -0.05) is 26.3 Å². The topological polar surface area (TPSA) is 38.7 Å². The summed E-state index contributed by atoms with van der Waals surface area (Å²) in [6.07, 6.45) is 2.27. The molecular weight excluding hydrogens is 216 g/mol. The van der Waals surface area contributed by atoms with Crippen molar-refractivity contribution in [2.75, 3.05) is 13.7 Å². The van der Waals surface area contributed by atoms with E-state index < -0.39 is 6.10 Å². The molecule has 0 bridgehead atoms. The Kier molecular flexibility index (Phi) is 5.84. The fourth-order valence-corrected chi connectivity index (χ4v) is 1.65. The number of aliphatic hydroxyl groups excluding tert-OH is 1. The predicted molar refractivity (Wildman–Crippen MR) is 68.8 cm³/mol. The van der Waals surface area contributed by atoms with E-state index in [0.29, 0.717) is 12.4 Å². The van der Waals surface area contributed by atoms with Crippen LogP contribution in [-0.4, -0.2) is 24.9 Å². The van der Waals surface area contributed by atoms with Crippen LogP contribution in [-0.2, 0) is 6.42 Å². The molecule has 0 amide bonds. The van der Waals surface area contributed by atoms with Crippen LogP contribution in [0, 0.1) is 0 Å². The summed E-state index contributed by atoms with van der Waals surface area (Å²) in [6.45, 7) is 4.45. The Bertz CT molecular complexity index is 336. The second kappa shape index (κ2) is 7.17. The second-order valence-electron chi connectivity index (χ2n) is 4.09. The van der Waals surface area contributed by atoms with Crippen molar-refractivity contribution in [3.63, 3.8) is 0 Å². The van der Waals surface area contributed by atoms with Gasteiger partial charge in [0.15, 0.2) is 11.5 Å². The predicted octanol–water partition coefficient (Wildman–Crippen LogP) is 2.80. The number of hydrogen-bond acceptors (Lipinski definition) is 3. The van der Waals surface area contributed by atoms with Gasteiger partial charge in [0.05, 0.1) is 13.2 Å². The molecule has 1 N–H and O–H groups in total. The maximum Gasteiger partial charge on any atom is 0.161 e. The van der Waals surface area contributed by atoms with Crippen molar-refractivity contribution in [3.8, 4) is 11.5 Å². The summed E-state index contributed by atoms with van der Waals surface area (Å²) in [5, 5.41) is 9.61. The Balaban J connectivity index is 2.63. The molecular formula is C14H22O3. The van der Waals surface area contributed by atoms with Crippen LogP contribution < -0.4 is 9.47 Å². The minimum absolute atomic E-state index is 0.315. The summed E-state index contributed by atoms with van der Waals surface area (Å²) in [5.74, 6) is 1.42. The largest absolute Gasteiger partial charge is 0.493 e. The molecule has 3 heteroatoms. The van der Waals surface area contributed by atoms with Gasteiger partial charge in [0.25, 0.3) is 0 Å². The highest BCUT2D eigenvalue weighted by Crippen LogP contribution is 2.28. The highest BCUT2D eigenvalue weighted by Gasteiger charge is 2.08. The average molecular weight is 238 g/mol. The molecule has 96 valence electrons.